The zero-order valence-electron chi connectivity index (χ0n) is 12.0. The minimum atomic E-state index is -0.121. The Morgan fingerprint density at radius 1 is 1.53 bits per heavy atom. The largest absolute Gasteiger partial charge is 0.393 e. The van der Waals surface area contributed by atoms with E-state index in [1.54, 1.807) is 11.3 Å². The van der Waals surface area contributed by atoms with E-state index in [4.69, 9.17) is 0 Å². The first-order valence-electron chi connectivity index (χ1n) is 6.95. The second-order valence-corrected chi connectivity index (χ2v) is 8.98. The molecular weight excluding hydrogens is 322 g/mol. The molecule has 1 aromatic rings. The SMILES string of the molecule is CN(Cc1csc(Br)c1)CC1CC(C)(C)CCC1O. The van der Waals surface area contributed by atoms with Crippen molar-refractivity contribution in [3.63, 3.8) is 0 Å². The fourth-order valence-electron chi connectivity index (χ4n) is 3.11. The van der Waals surface area contributed by atoms with E-state index in [-0.39, 0.29) is 6.10 Å². The second-order valence-electron chi connectivity index (χ2n) is 6.69. The fraction of sp³-hybridized carbons (Fsp3) is 0.733. The maximum Gasteiger partial charge on any atom is 0.0701 e. The van der Waals surface area contributed by atoms with Gasteiger partial charge in [0.05, 0.1) is 9.89 Å². The van der Waals surface area contributed by atoms with Crippen LogP contribution in [0.1, 0.15) is 38.7 Å². The van der Waals surface area contributed by atoms with Gasteiger partial charge in [-0.1, -0.05) is 13.8 Å². The molecule has 2 atom stereocenters. The summed E-state index contributed by atoms with van der Waals surface area (Å²) >= 11 is 5.24. The number of halogens is 1. The zero-order valence-corrected chi connectivity index (χ0v) is 14.4. The van der Waals surface area contributed by atoms with E-state index < -0.39 is 0 Å². The highest BCUT2D eigenvalue weighted by Crippen LogP contribution is 2.39. The lowest BCUT2D eigenvalue weighted by molar-refractivity contribution is 0.00674. The Bertz CT molecular complexity index is 418. The molecule has 108 valence electrons. The lowest BCUT2D eigenvalue weighted by atomic mass is 9.71. The van der Waals surface area contributed by atoms with Gasteiger partial charge in [-0.25, -0.2) is 0 Å². The van der Waals surface area contributed by atoms with Gasteiger partial charge in [0.25, 0.3) is 0 Å². The van der Waals surface area contributed by atoms with Crippen LogP contribution in [0.5, 0.6) is 0 Å². The number of hydrogen-bond acceptors (Lipinski definition) is 3. The van der Waals surface area contributed by atoms with Crippen molar-refractivity contribution in [1.29, 1.82) is 0 Å². The fourth-order valence-corrected chi connectivity index (χ4v) is 4.31. The number of aliphatic hydroxyl groups excluding tert-OH is 1. The molecule has 0 aromatic carbocycles. The van der Waals surface area contributed by atoms with Gasteiger partial charge >= 0.3 is 0 Å². The van der Waals surface area contributed by atoms with Crippen molar-refractivity contribution in [2.45, 2.75) is 45.8 Å². The third kappa shape index (κ3) is 4.55. The van der Waals surface area contributed by atoms with E-state index in [2.05, 4.69) is 53.2 Å². The van der Waals surface area contributed by atoms with Gasteiger partial charge in [-0.3, -0.25) is 0 Å². The smallest absolute Gasteiger partial charge is 0.0701 e. The van der Waals surface area contributed by atoms with Crippen molar-refractivity contribution in [2.24, 2.45) is 11.3 Å². The molecule has 0 amide bonds. The van der Waals surface area contributed by atoms with Crippen molar-refractivity contribution in [2.75, 3.05) is 13.6 Å². The Morgan fingerprint density at radius 3 is 2.89 bits per heavy atom. The van der Waals surface area contributed by atoms with Crippen molar-refractivity contribution in [3.8, 4) is 0 Å². The van der Waals surface area contributed by atoms with Crippen LogP contribution in [0.4, 0.5) is 0 Å². The van der Waals surface area contributed by atoms with E-state index in [1.807, 2.05) is 0 Å². The molecule has 1 N–H and O–H groups in total. The van der Waals surface area contributed by atoms with Gasteiger partial charge in [0.15, 0.2) is 0 Å². The highest BCUT2D eigenvalue weighted by atomic mass is 79.9. The molecule has 1 aliphatic carbocycles. The molecule has 1 fully saturated rings. The summed E-state index contributed by atoms with van der Waals surface area (Å²) in [7, 11) is 2.15. The van der Waals surface area contributed by atoms with Crippen molar-refractivity contribution >= 4 is 27.3 Å². The van der Waals surface area contributed by atoms with E-state index in [0.29, 0.717) is 11.3 Å². The van der Waals surface area contributed by atoms with Crippen LogP contribution in [0.3, 0.4) is 0 Å². The highest BCUT2D eigenvalue weighted by molar-refractivity contribution is 9.11. The maximum atomic E-state index is 10.2. The second kappa shape index (κ2) is 6.25. The van der Waals surface area contributed by atoms with Crippen LogP contribution in [-0.4, -0.2) is 29.7 Å². The summed E-state index contributed by atoms with van der Waals surface area (Å²) in [5.41, 5.74) is 1.74. The van der Waals surface area contributed by atoms with Gasteiger partial charge < -0.3 is 10.0 Å². The van der Waals surface area contributed by atoms with E-state index >= 15 is 0 Å². The third-order valence-corrected chi connectivity index (χ3v) is 5.65. The van der Waals surface area contributed by atoms with Crippen LogP contribution >= 0.6 is 27.3 Å². The molecule has 1 saturated carbocycles. The molecule has 1 heterocycles. The van der Waals surface area contributed by atoms with Crippen molar-refractivity contribution < 1.29 is 5.11 Å². The first-order chi connectivity index (χ1) is 8.85. The number of rotatable bonds is 4. The lowest BCUT2D eigenvalue weighted by Gasteiger charge is -2.40. The van der Waals surface area contributed by atoms with Crippen molar-refractivity contribution in [1.82, 2.24) is 4.90 Å². The van der Waals surface area contributed by atoms with Gasteiger partial charge in [0, 0.05) is 13.1 Å². The standard InChI is InChI=1S/C15H24BrNOS/c1-15(2)5-4-13(18)12(7-15)9-17(3)8-11-6-14(16)19-10-11/h6,10,12-13,18H,4-5,7-9H2,1-3H3. The predicted octanol–water partition coefficient (Wildman–Crippen LogP) is 4.13. The number of thiophene rings is 1. The number of nitrogens with zero attached hydrogens (tertiary/aromatic N) is 1. The van der Waals surface area contributed by atoms with Crippen molar-refractivity contribution in [3.05, 3.63) is 20.8 Å². The molecule has 0 radical (unpaired) electrons. The lowest BCUT2D eigenvalue weighted by Crippen LogP contribution is -2.39. The Balaban J connectivity index is 1.88. The molecule has 1 aliphatic rings. The molecule has 2 unspecified atom stereocenters. The average Bonchev–Trinajstić information content (AvgIpc) is 2.69. The van der Waals surface area contributed by atoms with E-state index in [1.165, 1.54) is 9.35 Å². The van der Waals surface area contributed by atoms with Gasteiger partial charge in [-0.2, -0.15) is 0 Å². The topological polar surface area (TPSA) is 23.5 Å². The van der Waals surface area contributed by atoms with Gasteiger partial charge in [0.1, 0.15) is 0 Å². The van der Waals surface area contributed by atoms with Gasteiger partial charge in [-0.15, -0.1) is 11.3 Å². The minimum Gasteiger partial charge on any atom is -0.393 e. The van der Waals surface area contributed by atoms with E-state index in [9.17, 15) is 5.11 Å². The molecule has 4 heteroatoms. The molecule has 0 saturated heterocycles. The first kappa shape index (κ1) is 15.5. The quantitative estimate of drug-likeness (QED) is 0.886. The zero-order chi connectivity index (χ0) is 14.0. The highest BCUT2D eigenvalue weighted by Gasteiger charge is 2.34. The summed E-state index contributed by atoms with van der Waals surface area (Å²) in [6.07, 6.45) is 3.11. The molecule has 19 heavy (non-hydrogen) atoms. The molecule has 0 bridgehead atoms. The Hall–Kier alpha value is 0.1000. The summed E-state index contributed by atoms with van der Waals surface area (Å²) in [5.74, 6) is 0.413. The number of hydrogen-bond donors (Lipinski definition) is 1. The molecule has 1 aromatic heterocycles. The summed E-state index contributed by atoms with van der Waals surface area (Å²) in [6, 6.07) is 2.18. The average molecular weight is 346 g/mol. The summed E-state index contributed by atoms with van der Waals surface area (Å²) in [5, 5.41) is 12.4. The normalized spacial score (nSPS) is 26.8. The first-order valence-corrected chi connectivity index (χ1v) is 8.62. The maximum absolute atomic E-state index is 10.2. The monoisotopic (exact) mass is 345 g/mol. The Labute approximate surface area is 129 Å². The third-order valence-electron chi connectivity index (χ3n) is 4.10. The van der Waals surface area contributed by atoms with Gasteiger partial charge in [0.2, 0.25) is 0 Å². The van der Waals surface area contributed by atoms with Crippen LogP contribution in [-0.2, 0) is 6.54 Å². The van der Waals surface area contributed by atoms with Crippen LogP contribution in [0.25, 0.3) is 0 Å². The molecule has 0 spiro atoms. The Morgan fingerprint density at radius 2 is 2.26 bits per heavy atom. The Kier molecular flexibility index (Phi) is 5.09. The number of aliphatic hydroxyl groups is 1. The molecule has 2 nitrogen and oxygen atoms in total. The minimum absolute atomic E-state index is 0.121. The van der Waals surface area contributed by atoms with Crippen LogP contribution in [0, 0.1) is 11.3 Å². The van der Waals surface area contributed by atoms with Crippen LogP contribution < -0.4 is 0 Å². The predicted molar refractivity (Wildman–Crippen MR) is 85.5 cm³/mol. The molecule has 0 aliphatic heterocycles. The molecule has 2 rings (SSSR count). The summed E-state index contributed by atoms with van der Waals surface area (Å²) in [6.45, 7) is 6.59. The summed E-state index contributed by atoms with van der Waals surface area (Å²) < 4.78 is 1.19. The summed E-state index contributed by atoms with van der Waals surface area (Å²) in [4.78, 5) is 2.34. The van der Waals surface area contributed by atoms with Gasteiger partial charge in [-0.05, 0) is 70.6 Å². The molecular formula is C15H24BrNOS. The van der Waals surface area contributed by atoms with Crippen LogP contribution in [0.15, 0.2) is 15.2 Å². The van der Waals surface area contributed by atoms with E-state index in [0.717, 1.165) is 32.4 Å². The van der Waals surface area contributed by atoms with Crippen LogP contribution in [0.2, 0.25) is 0 Å².